The summed E-state index contributed by atoms with van der Waals surface area (Å²) in [5.41, 5.74) is -0.149. The predicted octanol–water partition coefficient (Wildman–Crippen LogP) is 3.10. The lowest BCUT2D eigenvalue weighted by Gasteiger charge is -2.41. The summed E-state index contributed by atoms with van der Waals surface area (Å²) < 4.78 is 13.4. The van der Waals surface area contributed by atoms with Crippen LogP contribution in [0.4, 0.5) is 15.8 Å². The third-order valence-corrected chi connectivity index (χ3v) is 4.07. The molecular weight excluding hydrogens is 279 g/mol. The first-order valence-electron chi connectivity index (χ1n) is 6.73. The van der Waals surface area contributed by atoms with E-state index in [1.165, 1.54) is 13.0 Å². The van der Waals surface area contributed by atoms with E-state index in [0.717, 1.165) is 25.3 Å². The molecule has 0 atom stereocenters. The number of carbonyl (C=O) groups is 1. The fourth-order valence-electron chi connectivity index (χ4n) is 2.66. The molecule has 1 aromatic carbocycles. The Morgan fingerprint density at radius 2 is 2.19 bits per heavy atom. The molecule has 114 valence electrons. The molecule has 1 aliphatic carbocycles. The SMILES string of the molecule is Cc1cc(NCC2(CC(=O)O)CCC2)c([N+](=O)[O-])cc1F. The lowest BCUT2D eigenvalue weighted by Crippen LogP contribution is -2.38. The Morgan fingerprint density at radius 1 is 1.52 bits per heavy atom. The van der Waals surface area contributed by atoms with Crippen molar-refractivity contribution in [2.45, 2.75) is 32.6 Å². The highest BCUT2D eigenvalue weighted by Gasteiger charge is 2.39. The average Bonchev–Trinajstić information content (AvgIpc) is 2.35. The van der Waals surface area contributed by atoms with E-state index in [9.17, 15) is 19.3 Å². The number of anilines is 1. The molecule has 0 radical (unpaired) electrons. The summed E-state index contributed by atoms with van der Waals surface area (Å²) in [4.78, 5) is 21.2. The lowest BCUT2D eigenvalue weighted by atomic mass is 9.66. The predicted molar refractivity (Wildman–Crippen MR) is 74.8 cm³/mol. The van der Waals surface area contributed by atoms with Crippen molar-refractivity contribution in [3.8, 4) is 0 Å². The van der Waals surface area contributed by atoms with Crippen molar-refractivity contribution in [1.82, 2.24) is 0 Å². The van der Waals surface area contributed by atoms with Gasteiger partial charge in [-0.2, -0.15) is 0 Å². The Labute approximate surface area is 121 Å². The number of hydrogen-bond acceptors (Lipinski definition) is 4. The molecular formula is C14H17FN2O4. The maximum Gasteiger partial charge on any atom is 0.303 e. The van der Waals surface area contributed by atoms with Gasteiger partial charge in [-0.25, -0.2) is 4.39 Å². The van der Waals surface area contributed by atoms with Gasteiger partial charge in [0, 0.05) is 6.54 Å². The van der Waals surface area contributed by atoms with Crippen LogP contribution in [-0.4, -0.2) is 22.5 Å². The third kappa shape index (κ3) is 3.29. The fraction of sp³-hybridized carbons (Fsp3) is 0.500. The second-order valence-electron chi connectivity index (χ2n) is 5.65. The van der Waals surface area contributed by atoms with Gasteiger partial charge in [0.15, 0.2) is 0 Å². The third-order valence-electron chi connectivity index (χ3n) is 4.07. The number of halogens is 1. The van der Waals surface area contributed by atoms with Gasteiger partial charge in [0.25, 0.3) is 5.69 Å². The van der Waals surface area contributed by atoms with Crippen LogP contribution in [-0.2, 0) is 4.79 Å². The van der Waals surface area contributed by atoms with Gasteiger partial charge in [-0.05, 0) is 36.8 Å². The van der Waals surface area contributed by atoms with Crippen LogP contribution in [0.3, 0.4) is 0 Å². The Bertz CT molecular complexity index is 585. The number of carboxylic acids is 1. The normalized spacial score (nSPS) is 16.1. The van der Waals surface area contributed by atoms with Gasteiger partial charge < -0.3 is 10.4 Å². The number of nitro benzene ring substituents is 1. The maximum atomic E-state index is 13.4. The van der Waals surface area contributed by atoms with Gasteiger partial charge in [-0.3, -0.25) is 14.9 Å². The van der Waals surface area contributed by atoms with Crippen LogP contribution in [0.25, 0.3) is 0 Å². The molecule has 1 fully saturated rings. The van der Waals surface area contributed by atoms with Crippen molar-refractivity contribution in [3.63, 3.8) is 0 Å². The Kier molecular flexibility index (Phi) is 4.11. The first-order valence-corrected chi connectivity index (χ1v) is 6.73. The molecule has 0 heterocycles. The molecule has 7 heteroatoms. The van der Waals surface area contributed by atoms with Crippen LogP contribution in [0, 0.1) is 28.3 Å². The molecule has 2 N–H and O–H groups in total. The monoisotopic (exact) mass is 296 g/mol. The quantitative estimate of drug-likeness (QED) is 0.621. The lowest BCUT2D eigenvalue weighted by molar-refractivity contribution is -0.384. The standard InChI is InChI=1S/C14H17FN2O4/c1-9-5-11(12(17(20)21)6-10(9)15)16-8-14(3-2-4-14)7-13(18)19/h5-6,16H,2-4,7-8H2,1H3,(H,18,19). The zero-order chi connectivity index (χ0) is 15.6. The highest BCUT2D eigenvalue weighted by atomic mass is 19.1. The van der Waals surface area contributed by atoms with Gasteiger partial charge in [0.1, 0.15) is 11.5 Å². The van der Waals surface area contributed by atoms with E-state index in [-0.39, 0.29) is 23.2 Å². The fourth-order valence-corrected chi connectivity index (χ4v) is 2.66. The van der Waals surface area contributed by atoms with Crippen molar-refractivity contribution in [2.75, 3.05) is 11.9 Å². The molecule has 2 rings (SSSR count). The van der Waals surface area contributed by atoms with Crippen LogP contribution in [0.1, 0.15) is 31.2 Å². The van der Waals surface area contributed by atoms with Crippen molar-refractivity contribution in [3.05, 3.63) is 33.6 Å². The average molecular weight is 296 g/mol. The van der Waals surface area contributed by atoms with Gasteiger partial charge in [0.05, 0.1) is 17.4 Å². The van der Waals surface area contributed by atoms with Crippen LogP contribution >= 0.6 is 0 Å². The molecule has 6 nitrogen and oxygen atoms in total. The molecule has 21 heavy (non-hydrogen) atoms. The first kappa shape index (κ1) is 15.2. The van der Waals surface area contributed by atoms with Crippen molar-refractivity contribution in [2.24, 2.45) is 5.41 Å². The number of aryl methyl sites for hydroxylation is 1. The minimum absolute atomic E-state index is 0.0357. The van der Waals surface area contributed by atoms with Gasteiger partial charge in [0.2, 0.25) is 0 Å². The summed E-state index contributed by atoms with van der Waals surface area (Å²) in [6, 6.07) is 2.28. The van der Waals surface area contributed by atoms with Crippen LogP contribution in [0.15, 0.2) is 12.1 Å². The van der Waals surface area contributed by atoms with E-state index < -0.39 is 16.7 Å². The molecule has 1 saturated carbocycles. The van der Waals surface area contributed by atoms with Gasteiger partial charge in [-0.15, -0.1) is 0 Å². The van der Waals surface area contributed by atoms with E-state index in [4.69, 9.17) is 5.11 Å². The molecule has 0 bridgehead atoms. The second kappa shape index (κ2) is 5.67. The van der Waals surface area contributed by atoms with Crippen molar-refractivity contribution < 1.29 is 19.2 Å². The maximum absolute atomic E-state index is 13.4. The summed E-state index contributed by atoms with van der Waals surface area (Å²) in [5, 5.41) is 22.9. The molecule has 0 aliphatic heterocycles. The molecule has 1 aromatic rings. The van der Waals surface area contributed by atoms with Gasteiger partial charge >= 0.3 is 5.97 Å². The van der Waals surface area contributed by atoms with E-state index in [0.29, 0.717) is 12.1 Å². The number of rotatable bonds is 6. The zero-order valence-corrected chi connectivity index (χ0v) is 11.7. The molecule has 0 saturated heterocycles. The second-order valence-corrected chi connectivity index (χ2v) is 5.65. The van der Waals surface area contributed by atoms with Crippen molar-refractivity contribution in [1.29, 1.82) is 0 Å². The largest absolute Gasteiger partial charge is 0.481 e. The Hall–Kier alpha value is -2.18. The number of nitrogens with one attached hydrogen (secondary N) is 1. The van der Waals surface area contributed by atoms with E-state index in [1.807, 2.05) is 0 Å². The highest BCUT2D eigenvalue weighted by Crippen LogP contribution is 2.44. The minimum atomic E-state index is -0.874. The van der Waals surface area contributed by atoms with Crippen molar-refractivity contribution >= 4 is 17.3 Å². The summed E-state index contributed by atoms with van der Waals surface area (Å²) in [6.45, 7) is 1.87. The van der Waals surface area contributed by atoms with Gasteiger partial charge in [-0.1, -0.05) is 6.42 Å². The minimum Gasteiger partial charge on any atom is -0.481 e. The van der Waals surface area contributed by atoms with E-state index >= 15 is 0 Å². The number of nitro groups is 1. The molecule has 0 aromatic heterocycles. The number of nitrogens with zero attached hydrogens (tertiary/aromatic N) is 1. The number of carboxylic acid groups (broad SMARTS) is 1. The van der Waals surface area contributed by atoms with E-state index in [2.05, 4.69) is 5.32 Å². The Balaban J connectivity index is 2.17. The highest BCUT2D eigenvalue weighted by molar-refractivity contribution is 5.68. The Morgan fingerprint density at radius 3 is 2.67 bits per heavy atom. The summed E-state index contributed by atoms with van der Waals surface area (Å²) in [5.74, 6) is -1.50. The molecule has 0 amide bonds. The van der Waals surface area contributed by atoms with Crippen LogP contribution < -0.4 is 5.32 Å². The summed E-state index contributed by atoms with van der Waals surface area (Å²) in [7, 11) is 0. The first-order chi connectivity index (χ1) is 9.83. The molecule has 0 unspecified atom stereocenters. The van der Waals surface area contributed by atoms with Crippen LogP contribution in [0.2, 0.25) is 0 Å². The zero-order valence-electron chi connectivity index (χ0n) is 11.7. The molecule has 1 aliphatic rings. The number of benzene rings is 1. The van der Waals surface area contributed by atoms with E-state index in [1.54, 1.807) is 0 Å². The summed E-state index contributed by atoms with van der Waals surface area (Å²) >= 11 is 0. The number of aliphatic carboxylic acids is 1. The number of hydrogen-bond donors (Lipinski definition) is 2. The smallest absolute Gasteiger partial charge is 0.303 e. The summed E-state index contributed by atoms with van der Waals surface area (Å²) in [6.07, 6.45) is 2.55. The van der Waals surface area contributed by atoms with Crippen LogP contribution in [0.5, 0.6) is 0 Å². The topological polar surface area (TPSA) is 92.5 Å². The molecule has 0 spiro atoms.